The lowest BCUT2D eigenvalue weighted by atomic mass is 10.0. The Hall–Kier alpha value is -2.82. The molecule has 3 rings (SSSR count). The van der Waals surface area contributed by atoms with Crippen LogP contribution in [-0.2, 0) is 4.79 Å². The molecule has 2 N–H and O–H groups in total. The van der Waals surface area contributed by atoms with Crippen LogP contribution in [0.1, 0.15) is 18.9 Å². The average molecular weight is 309 g/mol. The number of carbonyl (C=O) groups is 1. The van der Waals surface area contributed by atoms with Crippen molar-refractivity contribution in [1.29, 1.82) is 0 Å². The van der Waals surface area contributed by atoms with E-state index in [1.165, 1.54) is 0 Å². The summed E-state index contributed by atoms with van der Waals surface area (Å²) < 4.78 is 5.90. The number of nitrogen functional groups attached to an aromatic ring is 1. The van der Waals surface area contributed by atoms with Gasteiger partial charge in [-0.25, -0.2) is 4.98 Å². The summed E-state index contributed by atoms with van der Waals surface area (Å²) in [6.45, 7) is 2.94. The molecular weight excluding hydrogens is 290 g/mol. The van der Waals surface area contributed by atoms with E-state index in [1.54, 1.807) is 25.3 Å². The number of pyridine rings is 1. The molecule has 1 amide bonds. The minimum Gasteiger partial charge on any atom is -0.438 e. The van der Waals surface area contributed by atoms with Gasteiger partial charge in [0.2, 0.25) is 11.8 Å². The molecule has 0 bridgehead atoms. The summed E-state index contributed by atoms with van der Waals surface area (Å²) >= 11 is 0. The molecule has 0 aliphatic carbocycles. The van der Waals surface area contributed by atoms with Crippen molar-refractivity contribution < 1.29 is 9.53 Å². The van der Waals surface area contributed by atoms with E-state index in [1.807, 2.05) is 29.2 Å². The van der Waals surface area contributed by atoms with Gasteiger partial charge in [0, 0.05) is 37.5 Å². The molecule has 118 valence electrons. The Morgan fingerprint density at radius 2 is 2.04 bits per heavy atom. The topological polar surface area (TPSA) is 68.5 Å². The number of carbonyl (C=O) groups excluding carboxylic acids is 1. The Bertz CT molecular complexity index is 738. The molecule has 0 atom stereocenters. The number of hydrogen-bond acceptors (Lipinski definition) is 4. The summed E-state index contributed by atoms with van der Waals surface area (Å²) in [5.41, 5.74) is 8.50. The van der Waals surface area contributed by atoms with E-state index in [2.05, 4.69) is 11.1 Å². The van der Waals surface area contributed by atoms with Gasteiger partial charge in [-0.15, -0.1) is 0 Å². The van der Waals surface area contributed by atoms with E-state index in [-0.39, 0.29) is 5.91 Å². The normalized spacial score (nSPS) is 14.3. The molecule has 0 radical (unpaired) electrons. The van der Waals surface area contributed by atoms with Crippen molar-refractivity contribution in [2.45, 2.75) is 13.3 Å². The zero-order valence-electron chi connectivity index (χ0n) is 13.0. The van der Waals surface area contributed by atoms with Crippen molar-refractivity contribution in [1.82, 2.24) is 9.88 Å². The molecule has 0 saturated carbocycles. The lowest BCUT2D eigenvalue weighted by Crippen LogP contribution is -2.32. The third kappa shape index (κ3) is 3.51. The number of benzene rings is 1. The van der Waals surface area contributed by atoms with Crippen LogP contribution in [0.25, 0.3) is 5.57 Å². The monoisotopic (exact) mass is 309 g/mol. The fraction of sp³-hybridized carbons (Fsp3) is 0.222. The molecule has 1 aromatic carbocycles. The van der Waals surface area contributed by atoms with Crippen LogP contribution >= 0.6 is 0 Å². The number of anilines is 1. The Morgan fingerprint density at radius 1 is 1.26 bits per heavy atom. The summed E-state index contributed by atoms with van der Waals surface area (Å²) in [6.07, 6.45) is 4.57. The maximum absolute atomic E-state index is 11.4. The summed E-state index contributed by atoms with van der Waals surface area (Å²) in [6, 6.07) is 11.1. The van der Waals surface area contributed by atoms with Crippen LogP contribution in [-0.4, -0.2) is 28.9 Å². The predicted molar refractivity (Wildman–Crippen MR) is 90.0 cm³/mol. The van der Waals surface area contributed by atoms with Gasteiger partial charge < -0.3 is 15.4 Å². The number of hydrogen-bond donors (Lipinski definition) is 1. The highest BCUT2D eigenvalue weighted by atomic mass is 16.5. The van der Waals surface area contributed by atoms with E-state index in [9.17, 15) is 4.79 Å². The molecule has 0 spiro atoms. The second kappa shape index (κ2) is 6.52. The fourth-order valence-corrected chi connectivity index (χ4v) is 2.56. The van der Waals surface area contributed by atoms with Gasteiger partial charge in [-0.1, -0.05) is 6.08 Å². The lowest BCUT2D eigenvalue weighted by Gasteiger charge is -2.25. The van der Waals surface area contributed by atoms with Crippen molar-refractivity contribution in [3.63, 3.8) is 0 Å². The van der Waals surface area contributed by atoms with E-state index < -0.39 is 0 Å². The molecule has 2 heterocycles. The second-order valence-electron chi connectivity index (χ2n) is 5.47. The first-order chi connectivity index (χ1) is 11.1. The first kappa shape index (κ1) is 15.1. The van der Waals surface area contributed by atoms with E-state index in [0.717, 1.165) is 24.1 Å². The number of nitrogens with zero attached hydrogens (tertiary/aromatic N) is 2. The van der Waals surface area contributed by atoms with Crippen LogP contribution in [0, 0.1) is 0 Å². The van der Waals surface area contributed by atoms with Gasteiger partial charge in [-0.2, -0.15) is 0 Å². The fourth-order valence-electron chi connectivity index (χ4n) is 2.56. The van der Waals surface area contributed by atoms with E-state index in [0.29, 0.717) is 23.9 Å². The van der Waals surface area contributed by atoms with Gasteiger partial charge >= 0.3 is 0 Å². The third-order valence-corrected chi connectivity index (χ3v) is 3.87. The maximum atomic E-state index is 11.4. The molecule has 1 aliphatic heterocycles. The Labute approximate surface area is 135 Å². The SMILES string of the molecule is CC(=O)N1CC=C(c2cccnc2Oc2ccc(N)cc2)CC1. The molecule has 1 aromatic heterocycles. The number of amides is 1. The minimum absolute atomic E-state index is 0.102. The molecule has 2 aromatic rings. The van der Waals surface area contributed by atoms with Crippen LogP contribution in [0.15, 0.2) is 48.7 Å². The first-order valence-electron chi connectivity index (χ1n) is 7.57. The number of aromatic nitrogens is 1. The third-order valence-electron chi connectivity index (χ3n) is 3.87. The second-order valence-corrected chi connectivity index (χ2v) is 5.47. The number of ether oxygens (including phenoxy) is 1. The standard InChI is InChI=1S/C18H19N3O2/c1-13(22)21-11-8-14(9-12-21)17-3-2-10-20-18(17)23-16-6-4-15(19)5-7-16/h2-8,10H,9,11-12,19H2,1H3. The zero-order chi connectivity index (χ0) is 16.2. The Balaban J connectivity index is 1.84. The van der Waals surface area contributed by atoms with Gasteiger partial charge in [-0.05, 0) is 48.4 Å². The number of rotatable bonds is 3. The number of nitrogens with two attached hydrogens (primary N) is 1. The van der Waals surface area contributed by atoms with Crippen LogP contribution in [0.3, 0.4) is 0 Å². The highest BCUT2D eigenvalue weighted by molar-refractivity contribution is 5.76. The maximum Gasteiger partial charge on any atom is 0.226 e. The quantitative estimate of drug-likeness (QED) is 0.885. The molecule has 0 saturated heterocycles. The van der Waals surface area contributed by atoms with Gasteiger partial charge in [0.1, 0.15) is 5.75 Å². The molecule has 23 heavy (non-hydrogen) atoms. The van der Waals surface area contributed by atoms with E-state index in [4.69, 9.17) is 10.5 Å². The largest absolute Gasteiger partial charge is 0.438 e. The van der Waals surface area contributed by atoms with Crippen molar-refractivity contribution in [3.8, 4) is 11.6 Å². The summed E-state index contributed by atoms with van der Waals surface area (Å²) in [7, 11) is 0. The van der Waals surface area contributed by atoms with Crippen LogP contribution in [0.2, 0.25) is 0 Å². The smallest absolute Gasteiger partial charge is 0.226 e. The molecule has 5 nitrogen and oxygen atoms in total. The molecule has 5 heteroatoms. The van der Waals surface area contributed by atoms with Crippen LogP contribution < -0.4 is 10.5 Å². The Morgan fingerprint density at radius 3 is 2.70 bits per heavy atom. The molecular formula is C18H19N3O2. The summed E-state index contributed by atoms with van der Waals surface area (Å²) in [5.74, 6) is 1.37. The van der Waals surface area contributed by atoms with Gasteiger partial charge in [0.25, 0.3) is 0 Å². The highest BCUT2D eigenvalue weighted by Crippen LogP contribution is 2.31. The summed E-state index contributed by atoms with van der Waals surface area (Å²) in [4.78, 5) is 17.6. The van der Waals surface area contributed by atoms with E-state index >= 15 is 0 Å². The highest BCUT2D eigenvalue weighted by Gasteiger charge is 2.18. The van der Waals surface area contributed by atoms with Crippen molar-refractivity contribution in [2.24, 2.45) is 0 Å². The predicted octanol–water partition coefficient (Wildman–Crippen LogP) is 3.09. The lowest BCUT2D eigenvalue weighted by molar-refractivity contribution is -0.128. The summed E-state index contributed by atoms with van der Waals surface area (Å²) in [5, 5.41) is 0. The van der Waals surface area contributed by atoms with Gasteiger partial charge in [0.05, 0.1) is 0 Å². The molecule has 1 aliphatic rings. The van der Waals surface area contributed by atoms with Gasteiger partial charge in [-0.3, -0.25) is 4.79 Å². The van der Waals surface area contributed by atoms with Crippen molar-refractivity contribution in [3.05, 3.63) is 54.2 Å². The Kier molecular flexibility index (Phi) is 4.28. The average Bonchev–Trinajstić information content (AvgIpc) is 2.57. The molecule has 0 fully saturated rings. The van der Waals surface area contributed by atoms with Crippen molar-refractivity contribution >= 4 is 17.2 Å². The van der Waals surface area contributed by atoms with Crippen LogP contribution in [0.5, 0.6) is 11.6 Å². The van der Waals surface area contributed by atoms with Crippen molar-refractivity contribution in [2.75, 3.05) is 18.8 Å². The van der Waals surface area contributed by atoms with Crippen LogP contribution in [0.4, 0.5) is 5.69 Å². The van der Waals surface area contributed by atoms with Gasteiger partial charge in [0.15, 0.2) is 0 Å². The zero-order valence-corrected chi connectivity index (χ0v) is 13.0. The molecule has 0 unspecified atom stereocenters. The minimum atomic E-state index is 0.102. The first-order valence-corrected chi connectivity index (χ1v) is 7.57.